The van der Waals surface area contributed by atoms with E-state index in [0.717, 1.165) is 5.82 Å². The van der Waals surface area contributed by atoms with Crippen molar-refractivity contribution in [3.8, 4) is 0 Å². The predicted octanol–water partition coefficient (Wildman–Crippen LogP) is 1.89. The summed E-state index contributed by atoms with van der Waals surface area (Å²) in [5, 5.41) is 2.91. The third-order valence-corrected chi connectivity index (χ3v) is 3.49. The van der Waals surface area contributed by atoms with Crippen LogP contribution in [0.3, 0.4) is 0 Å². The first kappa shape index (κ1) is 15.3. The zero-order chi connectivity index (χ0) is 15.6. The van der Waals surface area contributed by atoms with E-state index in [1.807, 2.05) is 31.7 Å². The normalized spacial score (nSPS) is 12.4. The Morgan fingerprint density at radius 3 is 2.71 bits per heavy atom. The zero-order valence-corrected chi connectivity index (χ0v) is 12.8. The summed E-state index contributed by atoms with van der Waals surface area (Å²) >= 11 is 5.74. The van der Waals surface area contributed by atoms with Crippen LogP contribution in [0, 0.1) is 5.92 Å². The molecule has 7 heteroatoms. The molecule has 0 bridgehead atoms. The maximum Gasteiger partial charge on any atom is 0.266 e. The van der Waals surface area contributed by atoms with Gasteiger partial charge in [-0.2, -0.15) is 0 Å². The standard InChI is InChI=1S/C14H17ClN4O2/c1-8(2)11(12-16-4-5-19(12)3)18-13(20)9-6-10(15)14(21)17-7-9/h4-8,11H,1-3H3,(H,17,21)(H,18,20)/t11-/m1/s1. The molecule has 112 valence electrons. The molecule has 0 radical (unpaired) electrons. The van der Waals surface area contributed by atoms with Gasteiger partial charge >= 0.3 is 0 Å². The summed E-state index contributed by atoms with van der Waals surface area (Å²) in [6.07, 6.45) is 4.86. The highest BCUT2D eigenvalue weighted by atomic mass is 35.5. The maximum atomic E-state index is 12.3. The summed E-state index contributed by atoms with van der Waals surface area (Å²) in [6, 6.07) is 1.12. The second-order valence-corrected chi connectivity index (χ2v) is 5.56. The molecule has 0 spiro atoms. The molecular weight excluding hydrogens is 292 g/mol. The van der Waals surface area contributed by atoms with Gasteiger partial charge in [-0.3, -0.25) is 9.59 Å². The van der Waals surface area contributed by atoms with Gasteiger partial charge in [0.1, 0.15) is 10.8 Å². The molecule has 0 aliphatic rings. The highest BCUT2D eigenvalue weighted by Gasteiger charge is 2.22. The number of aromatic amines is 1. The number of aromatic nitrogens is 3. The molecule has 0 aromatic carbocycles. The first-order chi connectivity index (χ1) is 9.90. The van der Waals surface area contributed by atoms with E-state index in [-0.39, 0.29) is 22.9 Å². The number of amides is 1. The lowest BCUT2D eigenvalue weighted by Crippen LogP contribution is -2.33. The number of nitrogens with one attached hydrogen (secondary N) is 2. The molecule has 0 unspecified atom stereocenters. The number of halogens is 1. The first-order valence-corrected chi connectivity index (χ1v) is 6.94. The lowest BCUT2D eigenvalue weighted by Gasteiger charge is -2.22. The van der Waals surface area contributed by atoms with E-state index in [0.29, 0.717) is 5.56 Å². The van der Waals surface area contributed by atoms with Gasteiger partial charge in [0.15, 0.2) is 0 Å². The van der Waals surface area contributed by atoms with Crippen LogP contribution in [0.5, 0.6) is 0 Å². The van der Waals surface area contributed by atoms with Crippen molar-refractivity contribution in [2.75, 3.05) is 0 Å². The van der Waals surface area contributed by atoms with E-state index in [1.165, 1.54) is 12.3 Å². The molecule has 21 heavy (non-hydrogen) atoms. The topological polar surface area (TPSA) is 79.8 Å². The fourth-order valence-corrected chi connectivity index (χ4v) is 2.19. The molecule has 0 saturated carbocycles. The van der Waals surface area contributed by atoms with Crippen LogP contribution in [0.25, 0.3) is 0 Å². The van der Waals surface area contributed by atoms with Crippen molar-refractivity contribution in [2.24, 2.45) is 13.0 Å². The lowest BCUT2D eigenvalue weighted by molar-refractivity contribution is 0.0922. The van der Waals surface area contributed by atoms with Crippen LogP contribution in [0.4, 0.5) is 0 Å². The van der Waals surface area contributed by atoms with Crippen molar-refractivity contribution in [1.29, 1.82) is 0 Å². The van der Waals surface area contributed by atoms with E-state index in [4.69, 9.17) is 11.6 Å². The van der Waals surface area contributed by atoms with Gasteiger partial charge in [0, 0.05) is 25.6 Å². The highest BCUT2D eigenvalue weighted by molar-refractivity contribution is 6.30. The maximum absolute atomic E-state index is 12.3. The van der Waals surface area contributed by atoms with Gasteiger partial charge in [0.2, 0.25) is 0 Å². The van der Waals surface area contributed by atoms with Gasteiger partial charge in [0.25, 0.3) is 11.5 Å². The number of carbonyl (C=O) groups excluding carboxylic acids is 1. The number of H-pyrrole nitrogens is 1. The molecule has 2 N–H and O–H groups in total. The van der Waals surface area contributed by atoms with Crippen molar-refractivity contribution in [2.45, 2.75) is 19.9 Å². The molecular formula is C14H17ClN4O2. The number of pyridine rings is 1. The monoisotopic (exact) mass is 308 g/mol. The number of imidazole rings is 1. The molecule has 2 heterocycles. The predicted molar refractivity (Wildman–Crippen MR) is 80.3 cm³/mol. The molecule has 1 amide bonds. The van der Waals surface area contributed by atoms with Crippen LogP contribution in [-0.4, -0.2) is 20.4 Å². The second kappa shape index (κ2) is 6.13. The second-order valence-electron chi connectivity index (χ2n) is 5.16. The molecule has 0 aliphatic carbocycles. The van der Waals surface area contributed by atoms with Crippen LogP contribution in [0.1, 0.15) is 36.1 Å². The Kier molecular flexibility index (Phi) is 4.47. The van der Waals surface area contributed by atoms with E-state index >= 15 is 0 Å². The van der Waals surface area contributed by atoms with Gasteiger partial charge < -0.3 is 14.9 Å². The molecule has 0 fully saturated rings. The van der Waals surface area contributed by atoms with Gasteiger partial charge in [-0.1, -0.05) is 25.4 Å². The Bertz CT molecular complexity index is 705. The summed E-state index contributed by atoms with van der Waals surface area (Å²) < 4.78 is 1.87. The molecule has 1 atom stereocenters. The number of aryl methyl sites for hydroxylation is 1. The van der Waals surface area contributed by atoms with Gasteiger partial charge in [-0.05, 0) is 12.0 Å². The van der Waals surface area contributed by atoms with Crippen molar-refractivity contribution in [3.05, 3.63) is 51.4 Å². The zero-order valence-electron chi connectivity index (χ0n) is 12.1. The minimum Gasteiger partial charge on any atom is -0.342 e. The van der Waals surface area contributed by atoms with Crippen LogP contribution in [-0.2, 0) is 7.05 Å². The van der Waals surface area contributed by atoms with E-state index < -0.39 is 5.56 Å². The molecule has 0 saturated heterocycles. The van der Waals surface area contributed by atoms with Gasteiger partial charge in [-0.25, -0.2) is 4.98 Å². The van der Waals surface area contributed by atoms with Crippen molar-refractivity contribution >= 4 is 17.5 Å². The Morgan fingerprint density at radius 1 is 1.48 bits per heavy atom. The Balaban J connectivity index is 2.25. The largest absolute Gasteiger partial charge is 0.342 e. The number of nitrogens with zero attached hydrogens (tertiary/aromatic N) is 2. The smallest absolute Gasteiger partial charge is 0.266 e. The van der Waals surface area contributed by atoms with Crippen LogP contribution in [0.15, 0.2) is 29.5 Å². The van der Waals surface area contributed by atoms with E-state index in [2.05, 4.69) is 15.3 Å². The molecule has 2 aromatic heterocycles. The van der Waals surface area contributed by atoms with Gasteiger partial charge in [-0.15, -0.1) is 0 Å². The van der Waals surface area contributed by atoms with Crippen molar-refractivity contribution < 1.29 is 4.79 Å². The first-order valence-electron chi connectivity index (χ1n) is 6.56. The summed E-state index contributed by atoms with van der Waals surface area (Å²) in [5.41, 5.74) is -0.114. The third-order valence-electron chi connectivity index (χ3n) is 3.21. The Morgan fingerprint density at radius 2 is 2.19 bits per heavy atom. The summed E-state index contributed by atoms with van der Waals surface area (Å²) in [6.45, 7) is 4.00. The summed E-state index contributed by atoms with van der Waals surface area (Å²) in [7, 11) is 1.88. The number of carbonyl (C=O) groups is 1. The minimum absolute atomic E-state index is 0.0132. The van der Waals surface area contributed by atoms with E-state index in [9.17, 15) is 9.59 Å². The Hall–Kier alpha value is -2.08. The van der Waals surface area contributed by atoms with Crippen LogP contribution >= 0.6 is 11.6 Å². The molecule has 0 aliphatic heterocycles. The van der Waals surface area contributed by atoms with Crippen LogP contribution in [0.2, 0.25) is 5.02 Å². The Labute approximate surface area is 127 Å². The fourth-order valence-electron chi connectivity index (χ4n) is 2.02. The van der Waals surface area contributed by atoms with Gasteiger partial charge in [0.05, 0.1) is 11.6 Å². The average molecular weight is 309 g/mol. The van der Waals surface area contributed by atoms with E-state index in [1.54, 1.807) is 6.20 Å². The highest BCUT2D eigenvalue weighted by Crippen LogP contribution is 2.20. The molecule has 2 rings (SSSR count). The van der Waals surface area contributed by atoms with Crippen molar-refractivity contribution in [1.82, 2.24) is 19.9 Å². The number of rotatable bonds is 4. The van der Waals surface area contributed by atoms with Crippen molar-refractivity contribution in [3.63, 3.8) is 0 Å². The average Bonchev–Trinajstić information content (AvgIpc) is 2.84. The summed E-state index contributed by atoms with van der Waals surface area (Å²) in [4.78, 5) is 30.2. The molecule has 2 aromatic rings. The third kappa shape index (κ3) is 3.33. The number of hydrogen-bond donors (Lipinski definition) is 2. The minimum atomic E-state index is -0.419. The van der Waals surface area contributed by atoms with Crippen LogP contribution < -0.4 is 10.9 Å². The summed E-state index contributed by atoms with van der Waals surface area (Å²) in [5.74, 6) is 0.622. The number of hydrogen-bond acceptors (Lipinski definition) is 3. The fraction of sp³-hybridized carbons (Fsp3) is 0.357. The quantitative estimate of drug-likeness (QED) is 0.905. The molecule has 6 nitrogen and oxygen atoms in total. The lowest BCUT2D eigenvalue weighted by atomic mass is 10.0. The SMILES string of the molecule is CC(C)[C@@H](NC(=O)c1c[nH]c(=O)c(Cl)c1)c1nccn1C.